The van der Waals surface area contributed by atoms with Crippen LogP contribution in [0.5, 0.6) is 0 Å². The summed E-state index contributed by atoms with van der Waals surface area (Å²) in [5.74, 6) is 0.0639. The molecule has 1 saturated heterocycles. The minimum atomic E-state index is -3.20. The summed E-state index contributed by atoms with van der Waals surface area (Å²) in [5, 5.41) is 3.33. The number of nitrogens with one attached hydrogen (secondary N) is 1. The summed E-state index contributed by atoms with van der Waals surface area (Å²) in [5.41, 5.74) is 0. The van der Waals surface area contributed by atoms with E-state index in [-0.39, 0.29) is 18.4 Å². The molecule has 0 bridgehead atoms. The van der Waals surface area contributed by atoms with E-state index in [2.05, 4.69) is 5.32 Å². The third-order valence-electron chi connectivity index (χ3n) is 3.04. The van der Waals surface area contributed by atoms with Gasteiger partial charge in [0, 0.05) is 25.7 Å². The molecule has 0 aromatic rings. The Morgan fingerprint density at radius 3 is 2.65 bits per heavy atom. The lowest BCUT2D eigenvalue weighted by Gasteiger charge is -2.28. The molecule has 0 aromatic carbocycles. The zero-order valence-corrected chi connectivity index (χ0v) is 11.8. The Labute approximate surface area is 105 Å². The Balaban J connectivity index is 2.63. The van der Waals surface area contributed by atoms with Crippen molar-refractivity contribution in [1.82, 2.24) is 9.62 Å². The lowest BCUT2D eigenvalue weighted by Crippen LogP contribution is -2.46. The van der Waals surface area contributed by atoms with Crippen LogP contribution < -0.4 is 5.32 Å². The Bertz CT molecular complexity index is 311. The van der Waals surface area contributed by atoms with Crippen LogP contribution >= 0.6 is 0 Å². The zero-order valence-electron chi connectivity index (χ0n) is 11.0. The number of methoxy groups -OCH3 is 1. The second-order valence-corrected chi connectivity index (χ2v) is 6.81. The largest absolute Gasteiger partial charge is 0.384 e. The molecule has 0 spiro atoms. The molecule has 1 fully saturated rings. The van der Waals surface area contributed by atoms with Crippen LogP contribution in [0.2, 0.25) is 0 Å². The summed E-state index contributed by atoms with van der Waals surface area (Å²) in [4.78, 5) is 0. The molecule has 0 aliphatic carbocycles. The number of hydrogen-bond donors (Lipinski definition) is 1. The number of sulfonamides is 1. The maximum absolute atomic E-state index is 12.1. The van der Waals surface area contributed by atoms with Crippen molar-refractivity contribution in [2.75, 3.05) is 32.6 Å². The van der Waals surface area contributed by atoms with E-state index < -0.39 is 10.0 Å². The van der Waals surface area contributed by atoms with Gasteiger partial charge >= 0.3 is 0 Å². The Morgan fingerprint density at radius 2 is 2.18 bits per heavy atom. The third kappa shape index (κ3) is 4.54. The summed E-state index contributed by atoms with van der Waals surface area (Å²) in [7, 11) is -1.68. The first kappa shape index (κ1) is 14.9. The SMILES string of the molecule is COCCS(=O)(=O)N(CC1CCCN1)C(C)C. The average Bonchev–Trinajstić information content (AvgIpc) is 2.75. The molecule has 1 aliphatic rings. The number of hydrogen-bond acceptors (Lipinski definition) is 4. The van der Waals surface area contributed by atoms with Crippen LogP contribution in [0.3, 0.4) is 0 Å². The fourth-order valence-corrected chi connectivity index (χ4v) is 3.74. The van der Waals surface area contributed by atoms with Crippen molar-refractivity contribution < 1.29 is 13.2 Å². The predicted molar refractivity (Wildman–Crippen MR) is 68.5 cm³/mol. The van der Waals surface area contributed by atoms with Gasteiger partial charge in [-0.25, -0.2) is 8.42 Å². The van der Waals surface area contributed by atoms with Crippen molar-refractivity contribution >= 4 is 10.0 Å². The van der Waals surface area contributed by atoms with Crippen molar-refractivity contribution in [2.24, 2.45) is 0 Å². The van der Waals surface area contributed by atoms with Gasteiger partial charge in [-0.05, 0) is 33.2 Å². The van der Waals surface area contributed by atoms with Gasteiger partial charge in [-0.15, -0.1) is 0 Å². The molecule has 1 heterocycles. The molecule has 1 atom stereocenters. The minimum absolute atomic E-state index is 0.000689. The van der Waals surface area contributed by atoms with Gasteiger partial charge in [-0.1, -0.05) is 0 Å². The van der Waals surface area contributed by atoms with Gasteiger partial charge in [0.1, 0.15) is 0 Å². The fourth-order valence-electron chi connectivity index (χ4n) is 2.08. The molecule has 102 valence electrons. The Morgan fingerprint density at radius 1 is 1.47 bits per heavy atom. The van der Waals surface area contributed by atoms with Gasteiger partial charge in [0.25, 0.3) is 0 Å². The molecule has 1 unspecified atom stereocenters. The second kappa shape index (κ2) is 6.68. The summed E-state index contributed by atoms with van der Waals surface area (Å²) >= 11 is 0. The summed E-state index contributed by atoms with van der Waals surface area (Å²) < 4.78 is 30.7. The molecule has 1 aliphatic heterocycles. The van der Waals surface area contributed by atoms with Gasteiger partial charge in [-0.3, -0.25) is 0 Å². The molecule has 6 heteroatoms. The van der Waals surface area contributed by atoms with Crippen LogP contribution in [-0.4, -0.2) is 57.4 Å². The van der Waals surface area contributed by atoms with Crippen molar-refractivity contribution in [3.63, 3.8) is 0 Å². The molecular formula is C11H24N2O3S. The molecule has 0 amide bonds. The molecule has 1 rings (SSSR count). The van der Waals surface area contributed by atoms with E-state index in [0.29, 0.717) is 12.6 Å². The summed E-state index contributed by atoms with van der Waals surface area (Å²) in [6, 6.07) is 0.300. The van der Waals surface area contributed by atoms with Crippen molar-refractivity contribution in [3.8, 4) is 0 Å². The normalized spacial score (nSPS) is 21.6. The van der Waals surface area contributed by atoms with Gasteiger partial charge in [0.2, 0.25) is 10.0 Å². The average molecular weight is 264 g/mol. The van der Waals surface area contributed by atoms with Crippen molar-refractivity contribution in [3.05, 3.63) is 0 Å². The third-order valence-corrected chi connectivity index (χ3v) is 5.01. The van der Waals surface area contributed by atoms with Gasteiger partial charge < -0.3 is 10.1 Å². The smallest absolute Gasteiger partial charge is 0.216 e. The standard InChI is InChI=1S/C11H24N2O3S/c1-10(2)13(9-11-5-4-6-12-11)17(14,15)8-7-16-3/h10-12H,4-9H2,1-3H3. The quantitative estimate of drug-likeness (QED) is 0.724. The molecule has 0 saturated carbocycles. The molecule has 1 N–H and O–H groups in total. The van der Waals surface area contributed by atoms with Gasteiger partial charge in [0.15, 0.2) is 0 Å². The lowest BCUT2D eigenvalue weighted by molar-refractivity contribution is 0.214. The highest BCUT2D eigenvalue weighted by molar-refractivity contribution is 7.89. The Kier molecular flexibility index (Phi) is 5.85. The van der Waals surface area contributed by atoms with Crippen LogP contribution in [0, 0.1) is 0 Å². The monoisotopic (exact) mass is 264 g/mol. The topological polar surface area (TPSA) is 58.6 Å². The van der Waals surface area contributed by atoms with Crippen LogP contribution in [0.1, 0.15) is 26.7 Å². The van der Waals surface area contributed by atoms with Crippen LogP contribution in [-0.2, 0) is 14.8 Å². The van der Waals surface area contributed by atoms with Gasteiger partial charge in [0.05, 0.1) is 12.4 Å². The highest BCUT2D eigenvalue weighted by atomic mass is 32.2. The highest BCUT2D eigenvalue weighted by Gasteiger charge is 2.28. The highest BCUT2D eigenvalue weighted by Crippen LogP contribution is 2.13. The molecule has 0 radical (unpaired) electrons. The van der Waals surface area contributed by atoms with Crippen LogP contribution in [0.15, 0.2) is 0 Å². The van der Waals surface area contributed by atoms with E-state index in [1.54, 1.807) is 4.31 Å². The summed E-state index contributed by atoms with van der Waals surface area (Å²) in [6.45, 7) is 5.65. The maximum Gasteiger partial charge on any atom is 0.216 e. The molecule has 0 aromatic heterocycles. The van der Waals surface area contributed by atoms with E-state index in [1.807, 2.05) is 13.8 Å². The summed E-state index contributed by atoms with van der Waals surface area (Å²) in [6.07, 6.45) is 2.19. The Hall–Kier alpha value is -0.170. The van der Waals surface area contributed by atoms with Crippen LogP contribution in [0.4, 0.5) is 0 Å². The molecule has 5 nitrogen and oxygen atoms in total. The molecule has 17 heavy (non-hydrogen) atoms. The van der Waals surface area contributed by atoms with E-state index in [9.17, 15) is 8.42 Å². The fraction of sp³-hybridized carbons (Fsp3) is 1.00. The van der Waals surface area contributed by atoms with E-state index in [4.69, 9.17) is 4.74 Å². The minimum Gasteiger partial charge on any atom is -0.384 e. The van der Waals surface area contributed by atoms with E-state index >= 15 is 0 Å². The van der Waals surface area contributed by atoms with Crippen LogP contribution in [0.25, 0.3) is 0 Å². The first-order valence-electron chi connectivity index (χ1n) is 6.19. The maximum atomic E-state index is 12.1. The first-order valence-corrected chi connectivity index (χ1v) is 7.80. The molecular weight excluding hydrogens is 240 g/mol. The van der Waals surface area contributed by atoms with E-state index in [0.717, 1.165) is 19.4 Å². The first-order chi connectivity index (χ1) is 7.97. The second-order valence-electron chi connectivity index (χ2n) is 4.77. The van der Waals surface area contributed by atoms with Crippen molar-refractivity contribution in [1.29, 1.82) is 0 Å². The van der Waals surface area contributed by atoms with E-state index in [1.165, 1.54) is 7.11 Å². The van der Waals surface area contributed by atoms with Gasteiger partial charge in [-0.2, -0.15) is 4.31 Å². The predicted octanol–water partition coefficient (Wildman–Crippen LogP) is 0.425. The van der Waals surface area contributed by atoms with Crippen molar-refractivity contribution in [2.45, 2.75) is 38.8 Å². The lowest BCUT2D eigenvalue weighted by atomic mass is 10.2. The zero-order chi connectivity index (χ0) is 12.9. The number of nitrogens with zero attached hydrogens (tertiary/aromatic N) is 1. The number of ether oxygens (including phenoxy) is 1. The number of rotatable bonds is 7.